The molecular formula is C11H17N5O3. The Morgan fingerprint density at radius 1 is 1.63 bits per heavy atom. The van der Waals surface area contributed by atoms with E-state index in [4.69, 9.17) is 9.84 Å². The van der Waals surface area contributed by atoms with Gasteiger partial charge < -0.3 is 15.2 Å². The van der Waals surface area contributed by atoms with Crippen molar-refractivity contribution in [3.8, 4) is 0 Å². The smallest absolute Gasteiger partial charge is 0.280 e. The number of imidazole rings is 1. The molecule has 2 aromatic heterocycles. The third-order valence-corrected chi connectivity index (χ3v) is 2.82. The largest absolute Gasteiger partial charge is 0.394 e. The van der Waals surface area contributed by atoms with E-state index in [9.17, 15) is 4.79 Å². The average Bonchev–Trinajstić information content (AvgIpc) is 2.83. The summed E-state index contributed by atoms with van der Waals surface area (Å²) in [5.41, 5.74) is 0.405. The van der Waals surface area contributed by atoms with Crippen LogP contribution in [0, 0.1) is 0 Å². The van der Waals surface area contributed by atoms with Crippen LogP contribution >= 0.6 is 0 Å². The van der Waals surface area contributed by atoms with Gasteiger partial charge in [-0.05, 0) is 6.42 Å². The Balaban J connectivity index is 2.29. The average molecular weight is 267 g/mol. The summed E-state index contributed by atoms with van der Waals surface area (Å²) in [5.74, 6) is 0.369. The van der Waals surface area contributed by atoms with Crippen LogP contribution in [0.25, 0.3) is 11.2 Å². The van der Waals surface area contributed by atoms with Crippen molar-refractivity contribution in [1.29, 1.82) is 0 Å². The number of aromatic amines is 1. The third kappa shape index (κ3) is 2.74. The van der Waals surface area contributed by atoms with Crippen molar-refractivity contribution in [1.82, 2.24) is 19.5 Å². The van der Waals surface area contributed by atoms with Gasteiger partial charge in [0.1, 0.15) is 6.73 Å². The number of aliphatic hydroxyl groups is 1. The summed E-state index contributed by atoms with van der Waals surface area (Å²) in [4.78, 5) is 22.5. The maximum Gasteiger partial charge on any atom is 0.280 e. The molecule has 2 rings (SSSR count). The molecule has 3 N–H and O–H groups in total. The highest BCUT2D eigenvalue weighted by Crippen LogP contribution is 2.09. The van der Waals surface area contributed by atoms with E-state index in [1.807, 2.05) is 6.92 Å². The number of rotatable bonds is 6. The number of aromatic nitrogens is 4. The Hall–Kier alpha value is -1.93. The minimum absolute atomic E-state index is 0.0428. The summed E-state index contributed by atoms with van der Waals surface area (Å²) in [6.45, 7) is 2.07. The minimum atomic E-state index is -0.303. The summed E-state index contributed by atoms with van der Waals surface area (Å²) < 4.78 is 7.14. The van der Waals surface area contributed by atoms with Gasteiger partial charge in [-0.2, -0.15) is 4.98 Å². The standard InChI is InChI=1S/C11H17N5O3/c1-3-7(4-17)19-6-16-5-13-8-9(16)14-11(12-2)15-10(8)18/h5,7,17H,3-4,6H2,1-2H3,(H2,12,14,15,18). The Morgan fingerprint density at radius 2 is 2.42 bits per heavy atom. The quantitative estimate of drug-likeness (QED) is 0.675. The van der Waals surface area contributed by atoms with Gasteiger partial charge in [-0.3, -0.25) is 14.3 Å². The monoisotopic (exact) mass is 267 g/mol. The summed E-state index contributed by atoms with van der Waals surface area (Å²) in [6, 6.07) is 0. The van der Waals surface area contributed by atoms with Crippen molar-refractivity contribution >= 4 is 17.1 Å². The molecule has 0 radical (unpaired) electrons. The lowest BCUT2D eigenvalue weighted by Crippen LogP contribution is -2.19. The molecule has 8 nitrogen and oxygen atoms in total. The van der Waals surface area contributed by atoms with E-state index in [1.165, 1.54) is 6.33 Å². The van der Waals surface area contributed by atoms with Crippen LogP contribution in [-0.4, -0.2) is 44.4 Å². The van der Waals surface area contributed by atoms with E-state index in [2.05, 4.69) is 20.3 Å². The first-order valence-corrected chi connectivity index (χ1v) is 6.05. The number of H-pyrrole nitrogens is 1. The molecule has 0 bridgehead atoms. The van der Waals surface area contributed by atoms with Crippen molar-refractivity contribution in [2.24, 2.45) is 0 Å². The Bertz CT molecular complexity index is 602. The van der Waals surface area contributed by atoms with Crippen LogP contribution in [0.1, 0.15) is 13.3 Å². The molecule has 2 aromatic rings. The zero-order valence-electron chi connectivity index (χ0n) is 10.9. The van der Waals surface area contributed by atoms with Gasteiger partial charge in [-0.1, -0.05) is 6.92 Å². The first-order valence-electron chi connectivity index (χ1n) is 6.05. The molecule has 1 unspecified atom stereocenters. The number of hydrogen-bond donors (Lipinski definition) is 3. The lowest BCUT2D eigenvalue weighted by atomic mass is 10.3. The highest BCUT2D eigenvalue weighted by molar-refractivity contribution is 5.70. The molecule has 0 saturated heterocycles. The molecule has 8 heteroatoms. The molecular weight excluding hydrogens is 250 g/mol. The molecule has 0 aliphatic rings. The van der Waals surface area contributed by atoms with Gasteiger partial charge in [-0.25, -0.2) is 4.98 Å². The van der Waals surface area contributed by atoms with Crippen LogP contribution in [0.4, 0.5) is 5.95 Å². The second-order valence-corrected chi connectivity index (χ2v) is 4.06. The maximum atomic E-state index is 11.7. The normalized spacial score (nSPS) is 12.8. The van der Waals surface area contributed by atoms with Crippen LogP contribution in [-0.2, 0) is 11.5 Å². The molecule has 0 aromatic carbocycles. The first-order chi connectivity index (χ1) is 9.19. The first kappa shape index (κ1) is 13.5. The SMILES string of the molecule is CCC(CO)OCn1cnc2c(=O)[nH]c(NC)nc21. The molecule has 2 heterocycles. The van der Waals surface area contributed by atoms with Crippen molar-refractivity contribution in [3.05, 3.63) is 16.7 Å². The summed E-state index contributed by atoms with van der Waals surface area (Å²) in [6.07, 6.45) is 1.97. The lowest BCUT2D eigenvalue weighted by Gasteiger charge is -2.13. The molecule has 19 heavy (non-hydrogen) atoms. The number of nitrogens with zero attached hydrogens (tertiary/aromatic N) is 3. The molecule has 0 saturated carbocycles. The van der Waals surface area contributed by atoms with E-state index in [1.54, 1.807) is 11.6 Å². The molecule has 104 valence electrons. The van der Waals surface area contributed by atoms with E-state index in [-0.39, 0.29) is 30.5 Å². The van der Waals surface area contributed by atoms with Gasteiger partial charge in [-0.15, -0.1) is 0 Å². The maximum absolute atomic E-state index is 11.7. The van der Waals surface area contributed by atoms with Crippen LogP contribution in [0.2, 0.25) is 0 Å². The van der Waals surface area contributed by atoms with E-state index < -0.39 is 0 Å². The van der Waals surface area contributed by atoms with Gasteiger partial charge in [0.2, 0.25) is 5.95 Å². The van der Waals surface area contributed by atoms with Crippen LogP contribution in [0.15, 0.2) is 11.1 Å². The van der Waals surface area contributed by atoms with E-state index in [0.717, 1.165) is 0 Å². The summed E-state index contributed by atoms with van der Waals surface area (Å²) >= 11 is 0. The van der Waals surface area contributed by atoms with Gasteiger partial charge in [0.15, 0.2) is 11.2 Å². The predicted octanol–water partition coefficient (Wildman–Crippen LogP) is -0.0937. The molecule has 0 spiro atoms. The number of nitrogens with one attached hydrogen (secondary N) is 2. The van der Waals surface area contributed by atoms with Crippen molar-refractivity contribution in [2.45, 2.75) is 26.2 Å². The summed E-state index contributed by atoms with van der Waals surface area (Å²) in [5, 5.41) is 11.8. The van der Waals surface area contributed by atoms with Crippen LogP contribution < -0.4 is 10.9 Å². The highest BCUT2D eigenvalue weighted by atomic mass is 16.5. The van der Waals surface area contributed by atoms with Crippen LogP contribution in [0.3, 0.4) is 0 Å². The van der Waals surface area contributed by atoms with Gasteiger partial charge in [0, 0.05) is 7.05 Å². The number of aliphatic hydroxyl groups excluding tert-OH is 1. The number of hydrogen-bond acceptors (Lipinski definition) is 6. The Kier molecular flexibility index (Phi) is 4.13. The molecule has 1 atom stereocenters. The highest BCUT2D eigenvalue weighted by Gasteiger charge is 2.11. The lowest BCUT2D eigenvalue weighted by molar-refractivity contribution is -0.0238. The Morgan fingerprint density at radius 3 is 3.05 bits per heavy atom. The van der Waals surface area contributed by atoms with Crippen molar-refractivity contribution < 1.29 is 9.84 Å². The number of fused-ring (bicyclic) bond motifs is 1. The molecule has 0 aliphatic carbocycles. The molecule has 0 fully saturated rings. The van der Waals surface area contributed by atoms with Gasteiger partial charge >= 0.3 is 0 Å². The zero-order chi connectivity index (χ0) is 13.8. The van der Waals surface area contributed by atoms with E-state index in [0.29, 0.717) is 18.0 Å². The van der Waals surface area contributed by atoms with E-state index >= 15 is 0 Å². The summed E-state index contributed by atoms with van der Waals surface area (Å²) in [7, 11) is 1.67. The molecule has 0 amide bonds. The zero-order valence-corrected chi connectivity index (χ0v) is 10.9. The molecule has 0 aliphatic heterocycles. The Labute approximate surface area is 109 Å². The predicted molar refractivity (Wildman–Crippen MR) is 69.9 cm³/mol. The fourth-order valence-corrected chi connectivity index (χ4v) is 1.65. The third-order valence-electron chi connectivity index (χ3n) is 2.82. The van der Waals surface area contributed by atoms with Gasteiger partial charge in [0.25, 0.3) is 5.56 Å². The number of ether oxygens (including phenoxy) is 1. The second kappa shape index (κ2) is 5.81. The fourth-order valence-electron chi connectivity index (χ4n) is 1.65. The van der Waals surface area contributed by atoms with Gasteiger partial charge in [0.05, 0.1) is 19.0 Å². The number of anilines is 1. The topological polar surface area (TPSA) is 105 Å². The van der Waals surface area contributed by atoms with Crippen molar-refractivity contribution in [2.75, 3.05) is 19.0 Å². The second-order valence-electron chi connectivity index (χ2n) is 4.06. The minimum Gasteiger partial charge on any atom is -0.394 e. The van der Waals surface area contributed by atoms with Crippen LogP contribution in [0.5, 0.6) is 0 Å². The fraction of sp³-hybridized carbons (Fsp3) is 0.545. The van der Waals surface area contributed by atoms with Crippen molar-refractivity contribution in [3.63, 3.8) is 0 Å².